The molecular formula is C45H51N2O6PSi. The summed E-state index contributed by atoms with van der Waals surface area (Å²) in [5.74, 6) is -1.90. The fourth-order valence-corrected chi connectivity index (χ4v) is 13.4. The van der Waals surface area contributed by atoms with Gasteiger partial charge in [-0.2, -0.15) is 0 Å². The number of rotatable bonds is 13. The third-order valence-corrected chi connectivity index (χ3v) is 20.3. The Bertz CT molecular complexity index is 2060. The quantitative estimate of drug-likeness (QED) is 0.0368. The molecule has 0 bridgehead atoms. The Morgan fingerprint density at radius 1 is 0.891 bits per heavy atom. The zero-order valence-corrected chi connectivity index (χ0v) is 34.7. The Morgan fingerprint density at radius 2 is 1.42 bits per heavy atom. The molecule has 1 fully saturated rings. The molecule has 0 saturated carbocycles. The van der Waals surface area contributed by atoms with Gasteiger partial charge < -0.3 is 19.0 Å². The van der Waals surface area contributed by atoms with E-state index in [1.807, 2.05) is 104 Å². The van der Waals surface area contributed by atoms with Crippen molar-refractivity contribution < 1.29 is 28.3 Å². The van der Waals surface area contributed by atoms with Crippen molar-refractivity contribution in [2.24, 2.45) is 5.92 Å². The predicted molar refractivity (Wildman–Crippen MR) is 226 cm³/mol. The second kappa shape index (κ2) is 15.7. The van der Waals surface area contributed by atoms with Gasteiger partial charge in [-0.3, -0.25) is 14.4 Å². The molecule has 1 saturated heterocycles. The monoisotopic (exact) mass is 774 g/mol. The van der Waals surface area contributed by atoms with Crippen molar-refractivity contribution in [1.29, 1.82) is 0 Å². The third-order valence-electron chi connectivity index (χ3n) is 11.4. The molecule has 3 atom stereocenters. The Morgan fingerprint density at radius 3 is 1.91 bits per heavy atom. The SMILES string of the molecule is C=CCOC(=O)C(N1C(=O)[C@H]([C@@H](C)O[Si](C)(C)C(C)(C)C)[C@H]1CC(=O)c1ccc2c(c1)N(C)C(=O)C2)=P(c1ccccc1)(c1ccccc1)c1ccccc1. The molecule has 0 aliphatic carbocycles. The lowest BCUT2D eigenvalue weighted by Crippen LogP contribution is -2.69. The molecular weight excluding hydrogens is 724 g/mol. The van der Waals surface area contributed by atoms with Gasteiger partial charge in [-0.1, -0.05) is 137 Å². The number of esters is 1. The maximum Gasteiger partial charge on any atom is 0.356 e. The van der Waals surface area contributed by atoms with Gasteiger partial charge in [-0.15, -0.1) is 0 Å². The molecule has 2 aliphatic rings. The van der Waals surface area contributed by atoms with E-state index in [9.17, 15) is 14.4 Å². The van der Waals surface area contributed by atoms with E-state index >= 15 is 4.79 Å². The number of carbonyl (C=O) groups excluding carboxylic acids is 4. The van der Waals surface area contributed by atoms with Crippen LogP contribution in [-0.4, -0.2) is 68.0 Å². The van der Waals surface area contributed by atoms with Crippen molar-refractivity contribution in [3.8, 4) is 0 Å². The highest BCUT2D eigenvalue weighted by Crippen LogP contribution is 2.51. The number of carbonyl (C=O) groups is 4. The van der Waals surface area contributed by atoms with Gasteiger partial charge in [-0.05, 0) is 52.6 Å². The average molecular weight is 775 g/mol. The van der Waals surface area contributed by atoms with Crippen LogP contribution >= 0.6 is 6.89 Å². The van der Waals surface area contributed by atoms with Crippen LogP contribution in [0.15, 0.2) is 122 Å². The Hall–Kier alpha value is -4.82. The highest BCUT2D eigenvalue weighted by molar-refractivity contribution is 7.96. The van der Waals surface area contributed by atoms with E-state index in [2.05, 4.69) is 40.4 Å². The molecule has 2 aliphatic heterocycles. The van der Waals surface area contributed by atoms with E-state index in [-0.39, 0.29) is 47.5 Å². The summed E-state index contributed by atoms with van der Waals surface area (Å²) in [5, 5.41) is 2.44. The third kappa shape index (κ3) is 7.33. The fraction of sp³-hybridized carbons (Fsp3) is 0.311. The maximum atomic E-state index is 15.1. The minimum Gasteiger partial charge on any atom is -0.457 e. The summed E-state index contributed by atoms with van der Waals surface area (Å²) < 4.78 is 12.8. The normalized spacial score (nSPS) is 17.7. The standard InChI is InChI=1S/C45H51N2O6PSi/c1-9-27-52-44(51)43(54(34-19-13-10-14-20-34,35-21-15-11-16-22-35)36-23-17-12-18-24-36)47-38(41(42(47)50)31(2)53-55(7,8)45(3,4)5)30-39(48)33-26-25-32-29-40(49)46(6)37(32)28-33/h9-26,28,31,38,41H,1,27,29-30H2,2-8H3/t31-,38-,41-/m1/s1. The Labute approximate surface area is 326 Å². The van der Waals surface area contributed by atoms with Crippen molar-refractivity contribution in [1.82, 2.24) is 4.90 Å². The van der Waals surface area contributed by atoms with Gasteiger partial charge in [0, 0.05) is 31.6 Å². The summed E-state index contributed by atoms with van der Waals surface area (Å²) in [7, 11) is -0.672. The van der Waals surface area contributed by atoms with Gasteiger partial charge in [0.25, 0.3) is 0 Å². The first kappa shape index (κ1) is 39.9. The summed E-state index contributed by atoms with van der Waals surface area (Å²) in [6.45, 7) is 13.2. The molecule has 8 nitrogen and oxygen atoms in total. The van der Waals surface area contributed by atoms with Crippen LogP contribution in [0.1, 0.15) is 50.0 Å². The molecule has 0 N–H and O–H groups in total. The molecule has 6 rings (SSSR count). The smallest absolute Gasteiger partial charge is 0.356 e. The summed E-state index contributed by atoms with van der Waals surface area (Å²) in [4.78, 5) is 60.3. The van der Waals surface area contributed by atoms with E-state index in [1.54, 1.807) is 29.0 Å². The average Bonchev–Trinajstić information content (AvgIpc) is 3.45. The number of hydrogen-bond donors (Lipinski definition) is 0. The molecule has 286 valence electrons. The van der Waals surface area contributed by atoms with Gasteiger partial charge >= 0.3 is 5.97 Å². The maximum absolute atomic E-state index is 15.1. The van der Waals surface area contributed by atoms with Crippen LogP contribution in [0.4, 0.5) is 5.69 Å². The fourth-order valence-electron chi connectivity index (χ4n) is 7.56. The minimum absolute atomic E-state index is 0.0349. The van der Waals surface area contributed by atoms with Crippen molar-refractivity contribution in [2.75, 3.05) is 18.6 Å². The number of likely N-dealkylation sites (N-methyl/N-ethyl adjacent to an activating group) is 1. The van der Waals surface area contributed by atoms with Crippen LogP contribution in [-0.2, 0) is 30.0 Å². The number of nitrogens with zero attached hydrogens (tertiary/aromatic N) is 2. The van der Waals surface area contributed by atoms with Crippen LogP contribution in [0.5, 0.6) is 0 Å². The van der Waals surface area contributed by atoms with Crippen LogP contribution in [0.3, 0.4) is 0 Å². The van der Waals surface area contributed by atoms with Gasteiger partial charge in [0.15, 0.2) is 14.1 Å². The molecule has 0 spiro atoms. The number of ketones is 1. The Kier molecular flexibility index (Phi) is 11.4. The lowest BCUT2D eigenvalue weighted by molar-refractivity contribution is -0.156. The highest BCUT2D eigenvalue weighted by Gasteiger charge is 2.57. The number of likely N-dealkylation sites (tertiary alicyclic amines) is 1. The first-order chi connectivity index (χ1) is 26.1. The number of benzene rings is 4. The second-order valence-electron chi connectivity index (χ2n) is 15.9. The molecule has 55 heavy (non-hydrogen) atoms. The number of amides is 2. The van der Waals surface area contributed by atoms with Crippen molar-refractivity contribution in [3.63, 3.8) is 0 Å². The van der Waals surface area contributed by atoms with Crippen molar-refractivity contribution >= 4 is 65.8 Å². The van der Waals surface area contributed by atoms with Crippen LogP contribution in [0.25, 0.3) is 0 Å². The zero-order chi connectivity index (χ0) is 39.7. The first-order valence-corrected chi connectivity index (χ1v) is 23.5. The molecule has 4 aromatic carbocycles. The van der Waals surface area contributed by atoms with Crippen LogP contribution in [0, 0.1) is 5.92 Å². The van der Waals surface area contributed by atoms with Gasteiger partial charge in [-0.25, -0.2) is 4.79 Å². The first-order valence-electron chi connectivity index (χ1n) is 18.8. The van der Waals surface area contributed by atoms with Crippen LogP contribution in [0.2, 0.25) is 18.1 Å². The molecule has 2 heterocycles. The lowest BCUT2D eigenvalue weighted by Gasteiger charge is -2.53. The molecule has 0 aromatic heterocycles. The zero-order valence-electron chi connectivity index (χ0n) is 32.8. The van der Waals surface area contributed by atoms with E-state index in [0.29, 0.717) is 11.3 Å². The largest absolute Gasteiger partial charge is 0.457 e. The molecule has 0 unspecified atom stereocenters. The number of ether oxygens (including phenoxy) is 1. The number of fused-ring (bicyclic) bond motifs is 1. The number of anilines is 1. The summed E-state index contributed by atoms with van der Waals surface area (Å²) in [5.41, 5.74) is 2.20. The number of Topliss-reactive ketones (excluding diaryl/α,β-unsaturated/α-hetero) is 1. The summed E-state index contributed by atoms with van der Waals surface area (Å²) in [6.07, 6.45) is 1.17. The van der Waals surface area contributed by atoms with Crippen LogP contribution < -0.4 is 20.8 Å². The van der Waals surface area contributed by atoms with E-state index < -0.39 is 39.2 Å². The van der Waals surface area contributed by atoms with E-state index in [4.69, 9.17) is 9.16 Å². The molecule has 0 radical (unpaired) electrons. The Balaban J connectivity index is 1.62. The minimum atomic E-state index is -3.20. The van der Waals surface area contributed by atoms with Crippen molar-refractivity contribution in [3.05, 3.63) is 133 Å². The molecule has 4 aromatic rings. The molecule has 2 amide bonds. The summed E-state index contributed by atoms with van der Waals surface area (Å²) >= 11 is 0. The highest BCUT2D eigenvalue weighted by atomic mass is 31.2. The molecule has 10 heteroatoms. The van der Waals surface area contributed by atoms with Gasteiger partial charge in [0.2, 0.25) is 11.8 Å². The summed E-state index contributed by atoms with van der Waals surface area (Å²) in [6, 6.07) is 34.0. The van der Waals surface area contributed by atoms with E-state index in [0.717, 1.165) is 21.5 Å². The lowest BCUT2D eigenvalue weighted by atomic mass is 9.79. The topological polar surface area (TPSA) is 93.2 Å². The van der Waals surface area contributed by atoms with Gasteiger partial charge in [0.1, 0.15) is 12.0 Å². The van der Waals surface area contributed by atoms with E-state index in [1.165, 1.54) is 6.08 Å². The number of hydrogen-bond acceptors (Lipinski definition) is 6. The van der Waals surface area contributed by atoms with Gasteiger partial charge in [0.05, 0.1) is 24.5 Å². The number of β-lactam (4-membered cyclic amide) rings is 1. The van der Waals surface area contributed by atoms with Crippen molar-refractivity contribution in [2.45, 2.75) is 70.8 Å². The predicted octanol–water partition coefficient (Wildman–Crippen LogP) is 6.87. The second-order valence-corrected chi connectivity index (χ2v) is 23.9.